The molecule has 2 heteroatoms. The van der Waals surface area contributed by atoms with Crippen molar-refractivity contribution in [3.05, 3.63) is 71.8 Å². The molecule has 0 aliphatic carbocycles. The summed E-state index contributed by atoms with van der Waals surface area (Å²) in [6.45, 7) is 5.86. The first-order chi connectivity index (χ1) is 10.2. The summed E-state index contributed by atoms with van der Waals surface area (Å²) >= 11 is 0. The number of hydrogen-bond acceptors (Lipinski definition) is 2. The zero-order valence-corrected chi connectivity index (χ0v) is 12.7. The predicted octanol–water partition coefficient (Wildman–Crippen LogP) is 4.24. The van der Waals surface area contributed by atoms with Crippen LogP contribution in [0.25, 0.3) is 0 Å². The number of rotatable bonds is 6. The van der Waals surface area contributed by atoms with Crippen LogP contribution in [0.2, 0.25) is 0 Å². The Hall–Kier alpha value is -2.11. The molecule has 0 amide bonds. The fraction of sp³-hybridized carbons (Fsp3) is 0.316. The van der Waals surface area contributed by atoms with Crippen LogP contribution in [-0.2, 0) is 13.1 Å². The van der Waals surface area contributed by atoms with Crippen LogP contribution in [0.5, 0.6) is 0 Å². The highest BCUT2D eigenvalue weighted by molar-refractivity contribution is 5.17. The molecule has 2 atom stereocenters. The van der Waals surface area contributed by atoms with Gasteiger partial charge in [0.25, 0.3) is 0 Å². The van der Waals surface area contributed by atoms with E-state index >= 15 is 0 Å². The van der Waals surface area contributed by atoms with Crippen molar-refractivity contribution in [3.63, 3.8) is 0 Å². The molecule has 0 aromatic heterocycles. The highest BCUT2D eigenvalue weighted by Crippen LogP contribution is 2.17. The maximum absolute atomic E-state index is 9.21. The van der Waals surface area contributed by atoms with Gasteiger partial charge < -0.3 is 0 Å². The minimum absolute atomic E-state index is 0.0115. The van der Waals surface area contributed by atoms with Crippen molar-refractivity contribution in [2.45, 2.75) is 33.0 Å². The van der Waals surface area contributed by atoms with E-state index in [-0.39, 0.29) is 12.0 Å². The normalized spacial score (nSPS) is 13.6. The lowest BCUT2D eigenvalue weighted by Gasteiger charge is -2.31. The van der Waals surface area contributed by atoms with E-state index in [2.05, 4.69) is 66.4 Å². The summed E-state index contributed by atoms with van der Waals surface area (Å²) in [5.41, 5.74) is 2.57. The van der Waals surface area contributed by atoms with Crippen LogP contribution in [0.1, 0.15) is 25.0 Å². The Balaban J connectivity index is 2.16. The van der Waals surface area contributed by atoms with Crippen molar-refractivity contribution >= 4 is 0 Å². The highest BCUT2D eigenvalue weighted by Gasteiger charge is 2.20. The van der Waals surface area contributed by atoms with Gasteiger partial charge in [0.15, 0.2) is 0 Å². The molecule has 0 aliphatic rings. The fourth-order valence-electron chi connectivity index (χ4n) is 2.40. The Morgan fingerprint density at radius 3 is 1.67 bits per heavy atom. The van der Waals surface area contributed by atoms with E-state index in [1.165, 1.54) is 11.1 Å². The smallest absolute Gasteiger partial charge is 0.0669 e. The zero-order valence-electron chi connectivity index (χ0n) is 12.7. The molecule has 2 nitrogen and oxygen atoms in total. The van der Waals surface area contributed by atoms with Crippen molar-refractivity contribution in [1.29, 1.82) is 5.26 Å². The summed E-state index contributed by atoms with van der Waals surface area (Å²) in [4.78, 5) is 2.37. The second-order valence-electron chi connectivity index (χ2n) is 5.53. The Bertz CT molecular complexity index is 530. The first kappa shape index (κ1) is 15.3. The van der Waals surface area contributed by atoms with Gasteiger partial charge in [-0.05, 0) is 25.0 Å². The molecular weight excluding hydrogens is 256 g/mol. The first-order valence-corrected chi connectivity index (χ1v) is 7.42. The minimum Gasteiger partial charge on any atom is -0.291 e. The molecule has 2 aromatic rings. The van der Waals surface area contributed by atoms with E-state index in [9.17, 15) is 5.26 Å². The number of nitrogens with zero attached hydrogens (tertiary/aromatic N) is 2. The molecule has 0 spiro atoms. The van der Waals surface area contributed by atoms with Crippen molar-refractivity contribution in [2.75, 3.05) is 0 Å². The van der Waals surface area contributed by atoms with Crippen LogP contribution in [0.3, 0.4) is 0 Å². The lowest BCUT2D eigenvalue weighted by atomic mass is 10.0. The van der Waals surface area contributed by atoms with Crippen molar-refractivity contribution in [3.8, 4) is 6.07 Å². The van der Waals surface area contributed by atoms with Crippen LogP contribution >= 0.6 is 0 Å². The molecule has 0 heterocycles. The Morgan fingerprint density at radius 2 is 1.29 bits per heavy atom. The largest absolute Gasteiger partial charge is 0.291 e. The summed E-state index contributed by atoms with van der Waals surface area (Å²) in [5.74, 6) is 0.0115. The maximum Gasteiger partial charge on any atom is 0.0669 e. The predicted molar refractivity (Wildman–Crippen MR) is 86.4 cm³/mol. The minimum atomic E-state index is 0.0115. The van der Waals surface area contributed by atoms with Crippen molar-refractivity contribution in [2.24, 2.45) is 5.92 Å². The van der Waals surface area contributed by atoms with Crippen LogP contribution in [0.4, 0.5) is 0 Å². The molecule has 2 rings (SSSR count). The van der Waals surface area contributed by atoms with E-state index in [0.29, 0.717) is 0 Å². The summed E-state index contributed by atoms with van der Waals surface area (Å²) in [6, 6.07) is 23.5. The third-order valence-electron chi connectivity index (χ3n) is 3.96. The molecule has 0 bridgehead atoms. The zero-order chi connectivity index (χ0) is 15.1. The number of hydrogen-bond donors (Lipinski definition) is 0. The summed E-state index contributed by atoms with van der Waals surface area (Å²) in [7, 11) is 0. The van der Waals surface area contributed by atoms with E-state index in [4.69, 9.17) is 0 Å². The van der Waals surface area contributed by atoms with E-state index in [1.807, 2.05) is 19.1 Å². The Labute approximate surface area is 127 Å². The maximum atomic E-state index is 9.21. The molecule has 0 N–H and O–H groups in total. The third-order valence-corrected chi connectivity index (χ3v) is 3.96. The lowest BCUT2D eigenvalue weighted by Crippen LogP contribution is -2.36. The molecular formula is C19H22N2. The topological polar surface area (TPSA) is 27.0 Å². The van der Waals surface area contributed by atoms with E-state index in [1.54, 1.807) is 0 Å². The van der Waals surface area contributed by atoms with Crippen LogP contribution in [0.15, 0.2) is 60.7 Å². The molecule has 0 radical (unpaired) electrons. The Morgan fingerprint density at radius 1 is 0.857 bits per heavy atom. The van der Waals surface area contributed by atoms with Gasteiger partial charge in [0.05, 0.1) is 12.0 Å². The highest BCUT2D eigenvalue weighted by atomic mass is 15.1. The quantitative estimate of drug-likeness (QED) is 0.790. The molecule has 0 unspecified atom stereocenters. The molecule has 0 aliphatic heterocycles. The van der Waals surface area contributed by atoms with Gasteiger partial charge in [-0.3, -0.25) is 4.90 Å². The summed E-state index contributed by atoms with van der Waals surface area (Å²) in [5, 5.41) is 9.21. The van der Waals surface area contributed by atoms with Crippen molar-refractivity contribution < 1.29 is 0 Å². The van der Waals surface area contributed by atoms with Gasteiger partial charge in [0, 0.05) is 19.1 Å². The first-order valence-electron chi connectivity index (χ1n) is 7.42. The van der Waals surface area contributed by atoms with Gasteiger partial charge in [-0.2, -0.15) is 5.26 Å². The van der Waals surface area contributed by atoms with Gasteiger partial charge >= 0.3 is 0 Å². The van der Waals surface area contributed by atoms with Crippen LogP contribution in [-0.4, -0.2) is 10.9 Å². The van der Waals surface area contributed by atoms with Gasteiger partial charge in [-0.25, -0.2) is 0 Å². The monoisotopic (exact) mass is 278 g/mol. The van der Waals surface area contributed by atoms with Crippen LogP contribution < -0.4 is 0 Å². The summed E-state index contributed by atoms with van der Waals surface area (Å²) in [6.07, 6.45) is 0. The summed E-state index contributed by atoms with van der Waals surface area (Å²) < 4.78 is 0. The molecule has 0 saturated heterocycles. The molecule has 0 fully saturated rings. The third kappa shape index (κ3) is 4.44. The Kier molecular flexibility index (Phi) is 5.54. The van der Waals surface area contributed by atoms with Gasteiger partial charge in [0.2, 0.25) is 0 Å². The van der Waals surface area contributed by atoms with Crippen LogP contribution in [0, 0.1) is 17.2 Å². The molecule has 108 valence electrons. The SMILES string of the molecule is C[C@H](C#N)[C@H](C)N(Cc1ccccc1)Cc1ccccc1. The van der Waals surface area contributed by atoms with E-state index in [0.717, 1.165) is 13.1 Å². The molecule has 21 heavy (non-hydrogen) atoms. The molecule has 0 saturated carbocycles. The standard InChI is InChI=1S/C19H22N2/c1-16(13-20)17(2)21(14-18-9-5-3-6-10-18)15-19-11-7-4-8-12-19/h3-12,16-17H,14-15H2,1-2H3/t16-,17+/m1/s1. The van der Waals surface area contributed by atoms with Gasteiger partial charge in [0.1, 0.15) is 0 Å². The fourth-order valence-corrected chi connectivity index (χ4v) is 2.40. The van der Waals surface area contributed by atoms with Gasteiger partial charge in [-0.1, -0.05) is 60.7 Å². The average molecular weight is 278 g/mol. The average Bonchev–Trinajstić information content (AvgIpc) is 2.54. The second kappa shape index (κ2) is 7.61. The van der Waals surface area contributed by atoms with E-state index < -0.39 is 0 Å². The van der Waals surface area contributed by atoms with Gasteiger partial charge in [-0.15, -0.1) is 0 Å². The van der Waals surface area contributed by atoms with Crippen molar-refractivity contribution in [1.82, 2.24) is 4.90 Å². The lowest BCUT2D eigenvalue weighted by molar-refractivity contribution is 0.163. The second-order valence-corrected chi connectivity index (χ2v) is 5.53. The molecule has 2 aromatic carbocycles. The number of nitriles is 1. The number of benzene rings is 2.